The van der Waals surface area contributed by atoms with E-state index in [1.165, 1.54) is 11.3 Å². The van der Waals surface area contributed by atoms with Crippen molar-refractivity contribution in [3.63, 3.8) is 0 Å². The molecule has 2 N–H and O–H groups in total. The first-order valence-corrected chi connectivity index (χ1v) is 8.57. The molecule has 1 atom stereocenters. The number of anilines is 1. The number of nitrogens with zero attached hydrogens (tertiary/aromatic N) is 1. The lowest BCUT2D eigenvalue weighted by molar-refractivity contribution is 0.505. The molecule has 0 aromatic heterocycles. The third kappa shape index (κ3) is 5.52. The summed E-state index contributed by atoms with van der Waals surface area (Å²) >= 11 is 6.20. The minimum absolute atomic E-state index is 0.143. The van der Waals surface area contributed by atoms with Gasteiger partial charge in [-0.15, -0.1) is 0 Å². The van der Waals surface area contributed by atoms with Gasteiger partial charge in [-0.05, 0) is 55.9 Å². The molecule has 0 aliphatic rings. The molecule has 0 saturated carbocycles. The minimum atomic E-state index is 0.143. The van der Waals surface area contributed by atoms with Gasteiger partial charge in [0.25, 0.3) is 0 Å². The maximum absolute atomic E-state index is 6.20. The van der Waals surface area contributed by atoms with Crippen LogP contribution in [0.25, 0.3) is 0 Å². The van der Waals surface area contributed by atoms with E-state index in [1.807, 2.05) is 6.07 Å². The van der Waals surface area contributed by atoms with Crippen LogP contribution in [-0.2, 0) is 6.42 Å². The van der Waals surface area contributed by atoms with E-state index in [2.05, 4.69) is 51.7 Å². The van der Waals surface area contributed by atoms with Gasteiger partial charge >= 0.3 is 0 Å². The summed E-state index contributed by atoms with van der Waals surface area (Å²) in [6.07, 6.45) is 3.18. The van der Waals surface area contributed by atoms with E-state index in [0.717, 1.165) is 30.8 Å². The average molecular weight is 311 g/mol. The van der Waals surface area contributed by atoms with Gasteiger partial charge in [0.1, 0.15) is 0 Å². The van der Waals surface area contributed by atoms with Crippen molar-refractivity contribution in [2.75, 3.05) is 11.4 Å². The molecule has 0 amide bonds. The Balaban J connectivity index is 3.21. The van der Waals surface area contributed by atoms with E-state index in [9.17, 15) is 0 Å². The Labute approximate surface area is 135 Å². The number of rotatable bonds is 8. The molecule has 0 fully saturated rings. The molecule has 0 radical (unpaired) electrons. The summed E-state index contributed by atoms with van der Waals surface area (Å²) in [5.74, 6) is 0.629. The molecule has 0 saturated heterocycles. The Hall–Kier alpha value is -0.730. The van der Waals surface area contributed by atoms with Crippen LogP contribution in [0.4, 0.5) is 5.69 Å². The molecule has 0 spiro atoms. The molecule has 2 nitrogen and oxygen atoms in total. The summed E-state index contributed by atoms with van der Waals surface area (Å²) in [6, 6.07) is 6.96. The summed E-state index contributed by atoms with van der Waals surface area (Å²) in [7, 11) is 0. The van der Waals surface area contributed by atoms with Crippen LogP contribution in [0.15, 0.2) is 18.2 Å². The van der Waals surface area contributed by atoms with Crippen molar-refractivity contribution < 1.29 is 0 Å². The normalized spacial score (nSPS) is 13.0. The van der Waals surface area contributed by atoms with Crippen LogP contribution in [0, 0.1) is 5.92 Å². The predicted octanol–water partition coefficient (Wildman–Crippen LogP) is 4.88. The number of hydrogen-bond acceptors (Lipinski definition) is 2. The fraction of sp³-hybridized carbons (Fsp3) is 0.667. The SMILES string of the molecule is CCC(CC)N(CC(C)C)c1ccc(Cl)cc1CC(C)N. The largest absolute Gasteiger partial charge is 0.368 e. The number of benzene rings is 1. The van der Waals surface area contributed by atoms with E-state index in [4.69, 9.17) is 17.3 Å². The van der Waals surface area contributed by atoms with Crippen molar-refractivity contribution in [1.29, 1.82) is 0 Å². The van der Waals surface area contributed by atoms with Gasteiger partial charge < -0.3 is 10.6 Å². The fourth-order valence-corrected chi connectivity index (χ4v) is 3.11. The first-order valence-electron chi connectivity index (χ1n) is 8.19. The van der Waals surface area contributed by atoms with Crippen LogP contribution in [0.3, 0.4) is 0 Å². The van der Waals surface area contributed by atoms with Crippen molar-refractivity contribution >= 4 is 17.3 Å². The van der Waals surface area contributed by atoms with E-state index in [-0.39, 0.29) is 6.04 Å². The van der Waals surface area contributed by atoms with Crippen molar-refractivity contribution in [2.24, 2.45) is 11.7 Å². The highest BCUT2D eigenvalue weighted by atomic mass is 35.5. The van der Waals surface area contributed by atoms with Crippen LogP contribution >= 0.6 is 11.6 Å². The van der Waals surface area contributed by atoms with Gasteiger partial charge in [-0.25, -0.2) is 0 Å². The maximum atomic E-state index is 6.20. The fourth-order valence-electron chi connectivity index (χ4n) is 2.91. The predicted molar refractivity (Wildman–Crippen MR) is 95.4 cm³/mol. The standard InChI is InChI=1S/C18H31ClN2/c1-6-17(7-2)21(12-13(3)4)18-9-8-16(19)11-15(18)10-14(5)20/h8-9,11,13-14,17H,6-7,10,12,20H2,1-5H3. The quantitative estimate of drug-likeness (QED) is 0.741. The Morgan fingerprint density at radius 1 is 1.14 bits per heavy atom. The number of halogens is 1. The lowest BCUT2D eigenvalue weighted by Gasteiger charge is -2.36. The third-order valence-electron chi connectivity index (χ3n) is 3.84. The molecule has 1 unspecified atom stereocenters. The van der Waals surface area contributed by atoms with E-state index in [1.54, 1.807) is 0 Å². The number of nitrogens with two attached hydrogens (primary N) is 1. The molecule has 1 aromatic carbocycles. The van der Waals surface area contributed by atoms with Gasteiger partial charge in [0.15, 0.2) is 0 Å². The zero-order valence-corrected chi connectivity index (χ0v) is 15.0. The first-order chi connectivity index (χ1) is 9.88. The maximum Gasteiger partial charge on any atom is 0.0410 e. The smallest absolute Gasteiger partial charge is 0.0410 e. The van der Waals surface area contributed by atoms with E-state index in [0.29, 0.717) is 12.0 Å². The lowest BCUT2D eigenvalue weighted by Crippen LogP contribution is -2.38. The van der Waals surface area contributed by atoms with Crippen molar-refractivity contribution in [3.8, 4) is 0 Å². The molecule has 0 heterocycles. The van der Waals surface area contributed by atoms with Gasteiger partial charge in [-0.1, -0.05) is 39.3 Å². The molecule has 120 valence electrons. The van der Waals surface area contributed by atoms with E-state index < -0.39 is 0 Å². The van der Waals surface area contributed by atoms with Crippen molar-refractivity contribution in [1.82, 2.24) is 0 Å². The van der Waals surface area contributed by atoms with Crippen molar-refractivity contribution in [2.45, 2.75) is 66.0 Å². The summed E-state index contributed by atoms with van der Waals surface area (Å²) in [4.78, 5) is 2.55. The first kappa shape index (κ1) is 18.3. The van der Waals surface area contributed by atoms with E-state index >= 15 is 0 Å². The van der Waals surface area contributed by atoms with Crippen molar-refractivity contribution in [3.05, 3.63) is 28.8 Å². The Morgan fingerprint density at radius 3 is 2.24 bits per heavy atom. The topological polar surface area (TPSA) is 29.3 Å². The van der Waals surface area contributed by atoms with Gasteiger partial charge in [-0.2, -0.15) is 0 Å². The molecule has 1 aromatic rings. The Morgan fingerprint density at radius 2 is 1.76 bits per heavy atom. The zero-order chi connectivity index (χ0) is 16.0. The third-order valence-corrected chi connectivity index (χ3v) is 4.07. The molecule has 0 aliphatic heterocycles. The number of hydrogen-bond donors (Lipinski definition) is 1. The molecule has 3 heteroatoms. The molecular weight excluding hydrogens is 280 g/mol. The zero-order valence-electron chi connectivity index (χ0n) is 14.2. The second-order valence-electron chi connectivity index (χ2n) is 6.47. The van der Waals surface area contributed by atoms with Crippen LogP contribution in [-0.4, -0.2) is 18.6 Å². The van der Waals surface area contributed by atoms with Crippen LogP contribution in [0.1, 0.15) is 53.0 Å². The Kier molecular flexibility index (Phi) is 7.55. The second-order valence-corrected chi connectivity index (χ2v) is 6.91. The molecule has 0 bridgehead atoms. The molecule has 21 heavy (non-hydrogen) atoms. The van der Waals surface area contributed by atoms with Gasteiger partial charge in [0, 0.05) is 29.3 Å². The highest BCUT2D eigenvalue weighted by Gasteiger charge is 2.20. The summed E-state index contributed by atoms with van der Waals surface area (Å²) < 4.78 is 0. The van der Waals surface area contributed by atoms with Gasteiger partial charge in [0.2, 0.25) is 0 Å². The lowest BCUT2D eigenvalue weighted by atomic mass is 10.0. The van der Waals surface area contributed by atoms with Crippen LogP contribution < -0.4 is 10.6 Å². The highest BCUT2D eigenvalue weighted by Crippen LogP contribution is 2.29. The van der Waals surface area contributed by atoms with Crippen LogP contribution in [0.5, 0.6) is 0 Å². The minimum Gasteiger partial charge on any atom is -0.368 e. The summed E-state index contributed by atoms with van der Waals surface area (Å²) in [5, 5.41) is 0.795. The van der Waals surface area contributed by atoms with Gasteiger partial charge in [0.05, 0.1) is 0 Å². The van der Waals surface area contributed by atoms with Crippen LogP contribution in [0.2, 0.25) is 5.02 Å². The highest BCUT2D eigenvalue weighted by molar-refractivity contribution is 6.30. The Bertz CT molecular complexity index is 425. The monoisotopic (exact) mass is 310 g/mol. The summed E-state index contributed by atoms with van der Waals surface area (Å²) in [6.45, 7) is 12.2. The average Bonchev–Trinajstić information content (AvgIpc) is 2.38. The summed E-state index contributed by atoms with van der Waals surface area (Å²) in [5.41, 5.74) is 8.60. The second kappa shape index (κ2) is 8.65. The molecule has 0 aliphatic carbocycles. The molecular formula is C18H31ClN2. The van der Waals surface area contributed by atoms with Gasteiger partial charge in [-0.3, -0.25) is 0 Å². The molecule has 1 rings (SSSR count).